The molecule has 0 radical (unpaired) electrons. The first-order chi connectivity index (χ1) is 17.5. The van der Waals surface area contributed by atoms with Crippen LogP contribution < -0.4 is 22.1 Å². The van der Waals surface area contributed by atoms with E-state index in [2.05, 4.69) is 27.8 Å². The van der Waals surface area contributed by atoms with Crippen LogP contribution in [0.1, 0.15) is 53.5 Å². The number of nitrogens with one attached hydrogen (secondary N) is 2. The minimum Gasteiger partial charge on any atom is -0.370 e. The van der Waals surface area contributed by atoms with Gasteiger partial charge in [-0.25, -0.2) is 0 Å². The van der Waals surface area contributed by atoms with Gasteiger partial charge in [-0.2, -0.15) is 0 Å². The van der Waals surface area contributed by atoms with Crippen LogP contribution in [0.15, 0.2) is 89.9 Å². The number of benzene rings is 3. The summed E-state index contributed by atoms with van der Waals surface area (Å²) in [5, 5.41) is 6.21. The van der Waals surface area contributed by atoms with Crippen molar-refractivity contribution in [1.82, 2.24) is 10.6 Å². The van der Waals surface area contributed by atoms with Gasteiger partial charge in [-0.05, 0) is 47.9 Å². The molecule has 0 saturated heterocycles. The van der Waals surface area contributed by atoms with Gasteiger partial charge >= 0.3 is 0 Å². The Hall–Kier alpha value is -4.13. The molecule has 3 aromatic rings. The molecule has 186 valence electrons. The van der Waals surface area contributed by atoms with Crippen molar-refractivity contribution >= 4 is 17.8 Å². The smallest absolute Gasteiger partial charge is 0.243 e. The summed E-state index contributed by atoms with van der Waals surface area (Å²) in [5.41, 5.74) is 15.0. The molecule has 2 atom stereocenters. The van der Waals surface area contributed by atoms with Crippen LogP contribution in [0.5, 0.6) is 0 Å². The summed E-state index contributed by atoms with van der Waals surface area (Å²) in [4.78, 5) is 31.2. The van der Waals surface area contributed by atoms with Crippen LogP contribution in [-0.2, 0) is 16.0 Å². The van der Waals surface area contributed by atoms with Crippen molar-refractivity contribution < 1.29 is 9.59 Å². The minimum absolute atomic E-state index is 0.0100. The monoisotopic (exact) mass is 483 g/mol. The van der Waals surface area contributed by atoms with Gasteiger partial charge in [-0.15, -0.1) is 0 Å². The van der Waals surface area contributed by atoms with Gasteiger partial charge in [0.25, 0.3) is 0 Å². The maximum absolute atomic E-state index is 13.7. The summed E-state index contributed by atoms with van der Waals surface area (Å²) in [6.45, 7) is 0.384. The molecule has 7 nitrogen and oxygen atoms in total. The highest BCUT2D eigenvalue weighted by atomic mass is 16.2. The van der Waals surface area contributed by atoms with Gasteiger partial charge < -0.3 is 22.1 Å². The molecule has 1 aliphatic rings. The fourth-order valence-electron chi connectivity index (χ4n) is 4.79. The third-order valence-electron chi connectivity index (χ3n) is 6.56. The molecular formula is C29H33N5O2. The minimum atomic E-state index is -0.714. The molecule has 0 unspecified atom stereocenters. The Labute approximate surface area is 212 Å². The SMILES string of the molecule is NC(N)=NCCC[C@@H](NC(=O)C(c1ccccc1)c1ccccc1)C(=O)N[C@H]1CCc2ccccc21. The molecule has 0 aliphatic heterocycles. The normalized spacial score (nSPS) is 15.1. The third-order valence-corrected chi connectivity index (χ3v) is 6.56. The van der Waals surface area contributed by atoms with E-state index in [0.29, 0.717) is 19.4 Å². The second-order valence-corrected chi connectivity index (χ2v) is 9.06. The third kappa shape index (κ3) is 6.30. The number of amides is 2. The van der Waals surface area contributed by atoms with Crippen molar-refractivity contribution in [3.63, 3.8) is 0 Å². The number of hydrogen-bond donors (Lipinski definition) is 4. The highest BCUT2D eigenvalue weighted by Gasteiger charge is 2.30. The van der Waals surface area contributed by atoms with E-state index in [9.17, 15) is 9.59 Å². The Morgan fingerprint density at radius 3 is 2.11 bits per heavy atom. The zero-order valence-electron chi connectivity index (χ0n) is 20.3. The van der Waals surface area contributed by atoms with Crippen LogP contribution in [0, 0.1) is 0 Å². The molecule has 0 saturated carbocycles. The van der Waals surface area contributed by atoms with Crippen molar-refractivity contribution in [3.8, 4) is 0 Å². The number of aryl methyl sites for hydroxylation is 1. The molecule has 0 spiro atoms. The Bertz CT molecular complexity index is 1150. The summed E-state index contributed by atoms with van der Waals surface area (Å²) in [6.07, 6.45) is 2.74. The summed E-state index contributed by atoms with van der Waals surface area (Å²) in [5.74, 6) is -0.945. The number of nitrogens with two attached hydrogens (primary N) is 2. The summed E-state index contributed by atoms with van der Waals surface area (Å²) in [7, 11) is 0. The van der Waals surface area contributed by atoms with E-state index in [4.69, 9.17) is 11.5 Å². The number of hydrogen-bond acceptors (Lipinski definition) is 3. The molecule has 0 bridgehead atoms. The topological polar surface area (TPSA) is 123 Å². The molecule has 36 heavy (non-hydrogen) atoms. The van der Waals surface area contributed by atoms with Crippen LogP contribution in [0.25, 0.3) is 0 Å². The van der Waals surface area contributed by atoms with Crippen molar-refractivity contribution in [2.75, 3.05) is 6.54 Å². The Kier molecular flexibility index (Phi) is 8.34. The summed E-state index contributed by atoms with van der Waals surface area (Å²) >= 11 is 0. The molecule has 0 aromatic heterocycles. The van der Waals surface area contributed by atoms with E-state index < -0.39 is 12.0 Å². The van der Waals surface area contributed by atoms with E-state index >= 15 is 0 Å². The maximum Gasteiger partial charge on any atom is 0.243 e. The molecule has 1 aliphatic carbocycles. The van der Waals surface area contributed by atoms with Gasteiger partial charge in [0.2, 0.25) is 11.8 Å². The van der Waals surface area contributed by atoms with E-state index in [0.717, 1.165) is 29.5 Å². The first kappa shape index (κ1) is 25.0. The molecule has 6 N–H and O–H groups in total. The molecular weight excluding hydrogens is 450 g/mol. The van der Waals surface area contributed by atoms with Gasteiger partial charge in [0.1, 0.15) is 6.04 Å². The molecule has 2 amide bonds. The van der Waals surface area contributed by atoms with E-state index in [1.165, 1.54) is 5.56 Å². The van der Waals surface area contributed by atoms with Gasteiger partial charge in [0.15, 0.2) is 5.96 Å². The summed E-state index contributed by atoms with van der Waals surface area (Å²) < 4.78 is 0. The van der Waals surface area contributed by atoms with Crippen LogP contribution in [-0.4, -0.2) is 30.4 Å². The second kappa shape index (κ2) is 12.0. The van der Waals surface area contributed by atoms with Crippen LogP contribution in [0.3, 0.4) is 0 Å². The number of fused-ring (bicyclic) bond motifs is 1. The van der Waals surface area contributed by atoms with Crippen molar-refractivity contribution in [3.05, 3.63) is 107 Å². The van der Waals surface area contributed by atoms with Gasteiger partial charge in [-0.1, -0.05) is 84.9 Å². The lowest BCUT2D eigenvalue weighted by Crippen LogP contribution is -2.49. The van der Waals surface area contributed by atoms with Crippen LogP contribution in [0.4, 0.5) is 0 Å². The number of carbonyl (C=O) groups is 2. The van der Waals surface area contributed by atoms with E-state index in [-0.39, 0.29) is 23.8 Å². The Morgan fingerprint density at radius 1 is 0.861 bits per heavy atom. The second-order valence-electron chi connectivity index (χ2n) is 9.06. The average molecular weight is 484 g/mol. The van der Waals surface area contributed by atoms with E-state index in [1.807, 2.05) is 72.8 Å². The molecule has 0 fully saturated rings. The van der Waals surface area contributed by atoms with Crippen LogP contribution in [0.2, 0.25) is 0 Å². The first-order valence-corrected chi connectivity index (χ1v) is 12.4. The molecule has 7 heteroatoms. The van der Waals surface area contributed by atoms with Crippen molar-refractivity contribution in [2.45, 2.75) is 43.7 Å². The number of guanidine groups is 1. The van der Waals surface area contributed by atoms with Gasteiger partial charge in [-0.3, -0.25) is 14.6 Å². The first-order valence-electron chi connectivity index (χ1n) is 12.4. The number of nitrogens with zero attached hydrogens (tertiary/aromatic N) is 1. The van der Waals surface area contributed by atoms with Gasteiger partial charge in [0.05, 0.1) is 12.0 Å². The average Bonchev–Trinajstić information content (AvgIpc) is 3.30. The number of aliphatic imine (C=N–C) groups is 1. The predicted octanol–water partition coefficient (Wildman–Crippen LogP) is 3.16. The highest BCUT2D eigenvalue weighted by molar-refractivity contribution is 5.92. The van der Waals surface area contributed by atoms with Gasteiger partial charge in [0, 0.05) is 6.54 Å². The molecule has 0 heterocycles. The Morgan fingerprint density at radius 2 is 1.47 bits per heavy atom. The predicted molar refractivity (Wildman–Crippen MR) is 142 cm³/mol. The van der Waals surface area contributed by atoms with Crippen molar-refractivity contribution in [2.24, 2.45) is 16.5 Å². The summed E-state index contributed by atoms with van der Waals surface area (Å²) in [6, 6.07) is 26.6. The number of rotatable bonds is 10. The lowest BCUT2D eigenvalue weighted by molar-refractivity contribution is -0.130. The molecule has 4 rings (SSSR count). The molecule has 3 aromatic carbocycles. The lowest BCUT2D eigenvalue weighted by Gasteiger charge is -2.25. The number of carbonyl (C=O) groups excluding carboxylic acids is 2. The standard InChI is InChI=1S/C29H33N5O2/c30-29(31)32-19-9-16-25(27(35)33-24-18-17-20-10-7-8-15-23(20)24)34-28(36)26(21-11-3-1-4-12-21)22-13-5-2-6-14-22/h1-8,10-15,24-26H,9,16-19H2,(H,33,35)(H,34,36)(H4,30,31,32)/t24-,25+/m0/s1. The largest absolute Gasteiger partial charge is 0.370 e. The fourth-order valence-corrected chi connectivity index (χ4v) is 4.79. The Balaban J connectivity index is 1.53. The lowest BCUT2D eigenvalue weighted by atomic mass is 9.90. The van der Waals surface area contributed by atoms with Crippen LogP contribution >= 0.6 is 0 Å². The fraction of sp³-hybridized carbons (Fsp3) is 0.276. The maximum atomic E-state index is 13.7. The zero-order chi connectivity index (χ0) is 25.3. The zero-order valence-corrected chi connectivity index (χ0v) is 20.3. The van der Waals surface area contributed by atoms with E-state index in [1.54, 1.807) is 0 Å². The highest BCUT2D eigenvalue weighted by Crippen LogP contribution is 2.31. The quantitative estimate of drug-likeness (QED) is 0.201. The van der Waals surface area contributed by atoms with Crippen molar-refractivity contribution in [1.29, 1.82) is 0 Å².